The maximum Gasteiger partial charge on any atom is 0.124 e. The van der Waals surface area contributed by atoms with E-state index in [0.29, 0.717) is 17.3 Å². The molecule has 0 aromatic carbocycles. The first-order valence-electron chi connectivity index (χ1n) is 5.44. The lowest BCUT2D eigenvalue weighted by molar-refractivity contribution is 0.207. The van der Waals surface area contributed by atoms with E-state index in [1.54, 1.807) is 23.3 Å². The van der Waals surface area contributed by atoms with Crippen LogP contribution in [0.2, 0.25) is 5.02 Å². The third-order valence-electron chi connectivity index (χ3n) is 2.60. The summed E-state index contributed by atoms with van der Waals surface area (Å²) in [5, 5.41) is 14.9. The summed E-state index contributed by atoms with van der Waals surface area (Å²) in [4.78, 5) is 4.07. The molecule has 0 radical (unpaired) electrons. The number of aliphatic hydroxyl groups excluding tert-OH is 1. The molecular formula is C12H14ClN3O. The maximum atomic E-state index is 10.3. The van der Waals surface area contributed by atoms with Gasteiger partial charge in [-0.05, 0) is 19.4 Å². The van der Waals surface area contributed by atoms with Gasteiger partial charge in [-0.2, -0.15) is 5.10 Å². The summed E-state index contributed by atoms with van der Waals surface area (Å²) < 4.78 is 1.69. The number of hydrogen-bond donors (Lipinski definition) is 1. The van der Waals surface area contributed by atoms with E-state index < -0.39 is 6.10 Å². The Labute approximate surface area is 105 Å². The second kappa shape index (κ2) is 4.85. The predicted molar refractivity (Wildman–Crippen MR) is 65.9 cm³/mol. The zero-order valence-electron chi connectivity index (χ0n) is 9.76. The molecule has 1 unspecified atom stereocenters. The van der Waals surface area contributed by atoms with E-state index in [1.807, 2.05) is 19.9 Å². The summed E-state index contributed by atoms with van der Waals surface area (Å²) in [6, 6.07) is 1.89. The molecule has 0 aliphatic carbocycles. The normalized spacial score (nSPS) is 12.7. The number of nitrogens with zero attached hydrogens (tertiary/aromatic N) is 3. The van der Waals surface area contributed by atoms with Crippen LogP contribution in [0.3, 0.4) is 0 Å². The Morgan fingerprint density at radius 3 is 2.82 bits per heavy atom. The van der Waals surface area contributed by atoms with Crippen molar-refractivity contribution in [2.45, 2.75) is 26.5 Å². The first kappa shape index (κ1) is 12.1. The molecule has 0 saturated heterocycles. The number of pyridine rings is 1. The van der Waals surface area contributed by atoms with Gasteiger partial charge >= 0.3 is 0 Å². The van der Waals surface area contributed by atoms with E-state index in [-0.39, 0.29) is 0 Å². The fourth-order valence-electron chi connectivity index (χ4n) is 1.78. The van der Waals surface area contributed by atoms with Gasteiger partial charge in [0.2, 0.25) is 0 Å². The van der Waals surface area contributed by atoms with Crippen LogP contribution in [0.15, 0.2) is 24.7 Å². The smallest absolute Gasteiger partial charge is 0.124 e. The summed E-state index contributed by atoms with van der Waals surface area (Å²) >= 11 is 6.04. The molecule has 2 aromatic rings. The average molecular weight is 252 g/mol. The Morgan fingerprint density at radius 2 is 2.18 bits per heavy atom. The number of aromatic nitrogens is 3. The quantitative estimate of drug-likeness (QED) is 0.911. The standard InChI is InChI=1S/C12H14ClN3O/c1-3-16-11(10(13)7-15-16)12(17)9-4-8(2)5-14-6-9/h4-7,12,17H,3H2,1-2H3. The van der Waals surface area contributed by atoms with Crippen molar-refractivity contribution in [3.05, 3.63) is 46.5 Å². The lowest BCUT2D eigenvalue weighted by Crippen LogP contribution is -2.10. The monoisotopic (exact) mass is 251 g/mol. The number of aryl methyl sites for hydroxylation is 2. The minimum absolute atomic E-state index is 0.473. The Bertz CT molecular complexity index is 524. The van der Waals surface area contributed by atoms with Crippen molar-refractivity contribution in [3.8, 4) is 0 Å². The maximum absolute atomic E-state index is 10.3. The van der Waals surface area contributed by atoms with Gasteiger partial charge in [0.15, 0.2) is 0 Å². The molecule has 2 rings (SSSR count). The Morgan fingerprint density at radius 1 is 1.41 bits per heavy atom. The average Bonchev–Trinajstić information content (AvgIpc) is 2.69. The number of aliphatic hydroxyl groups is 1. The van der Waals surface area contributed by atoms with Gasteiger partial charge in [0.1, 0.15) is 6.10 Å². The molecule has 1 atom stereocenters. The second-order valence-corrected chi connectivity index (χ2v) is 4.30. The van der Waals surface area contributed by atoms with E-state index in [4.69, 9.17) is 11.6 Å². The Kier molecular flexibility index (Phi) is 3.45. The van der Waals surface area contributed by atoms with Crippen LogP contribution in [-0.4, -0.2) is 19.9 Å². The first-order chi connectivity index (χ1) is 8.13. The molecule has 0 spiro atoms. The third kappa shape index (κ3) is 2.33. The van der Waals surface area contributed by atoms with Crippen molar-refractivity contribution in [1.29, 1.82) is 0 Å². The molecule has 0 fully saturated rings. The zero-order chi connectivity index (χ0) is 12.4. The van der Waals surface area contributed by atoms with E-state index in [1.165, 1.54) is 0 Å². The molecule has 0 saturated carbocycles. The summed E-state index contributed by atoms with van der Waals surface area (Å²) in [7, 11) is 0. The van der Waals surface area contributed by atoms with Crippen LogP contribution in [0.25, 0.3) is 0 Å². The van der Waals surface area contributed by atoms with Crippen molar-refractivity contribution < 1.29 is 5.11 Å². The van der Waals surface area contributed by atoms with Crippen molar-refractivity contribution in [1.82, 2.24) is 14.8 Å². The van der Waals surface area contributed by atoms with Crippen LogP contribution < -0.4 is 0 Å². The molecule has 0 bridgehead atoms. The lowest BCUT2D eigenvalue weighted by Gasteiger charge is -2.13. The van der Waals surface area contributed by atoms with Gasteiger partial charge in [0.05, 0.1) is 16.9 Å². The SMILES string of the molecule is CCn1ncc(Cl)c1C(O)c1cncc(C)c1. The van der Waals surface area contributed by atoms with Crippen LogP contribution in [0, 0.1) is 6.92 Å². The first-order valence-corrected chi connectivity index (χ1v) is 5.82. The molecule has 0 aliphatic heterocycles. The van der Waals surface area contributed by atoms with Crippen LogP contribution in [0.5, 0.6) is 0 Å². The van der Waals surface area contributed by atoms with Gasteiger partial charge in [0, 0.05) is 24.5 Å². The predicted octanol–water partition coefficient (Wildman–Crippen LogP) is 2.34. The van der Waals surface area contributed by atoms with Crippen molar-refractivity contribution in [3.63, 3.8) is 0 Å². The molecule has 1 N–H and O–H groups in total. The largest absolute Gasteiger partial charge is 0.382 e. The molecule has 5 heteroatoms. The molecule has 4 nitrogen and oxygen atoms in total. The topological polar surface area (TPSA) is 50.9 Å². The third-order valence-corrected chi connectivity index (χ3v) is 2.89. The van der Waals surface area contributed by atoms with E-state index in [0.717, 1.165) is 11.1 Å². The second-order valence-electron chi connectivity index (χ2n) is 3.89. The minimum Gasteiger partial charge on any atom is -0.382 e. The summed E-state index contributed by atoms with van der Waals surface area (Å²) in [6.07, 6.45) is 4.14. The molecule has 2 aromatic heterocycles. The highest BCUT2D eigenvalue weighted by Gasteiger charge is 2.19. The van der Waals surface area contributed by atoms with Gasteiger partial charge in [-0.3, -0.25) is 9.67 Å². The lowest BCUT2D eigenvalue weighted by atomic mass is 10.1. The van der Waals surface area contributed by atoms with Gasteiger partial charge in [-0.25, -0.2) is 0 Å². The molecule has 0 amide bonds. The minimum atomic E-state index is -0.794. The van der Waals surface area contributed by atoms with E-state index >= 15 is 0 Å². The molecule has 90 valence electrons. The highest BCUT2D eigenvalue weighted by molar-refractivity contribution is 6.31. The fraction of sp³-hybridized carbons (Fsp3) is 0.333. The van der Waals surface area contributed by atoms with E-state index in [2.05, 4.69) is 10.1 Å². The van der Waals surface area contributed by atoms with Gasteiger partial charge in [-0.15, -0.1) is 0 Å². The van der Waals surface area contributed by atoms with Crippen molar-refractivity contribution in [2.24, 2.45) is 0 Å². The van der Waals surface area contributed by atoms with Gasteiger partial charge in [-0.1, -0.05) is 17.7 Å². The number of hydrogen-bond acceptors (Lipinski definition) is 3. The molecular weight excluding hydrogens is 238 g/mol. The molecule has 2 heterocycles. The van der Waals surface area contributed by atoms with Crippen LogP contribution in [0.1, 0.15) is 29.8 Å². The van der Waals surface area contributed by atoms with Crippen molar-refractivity contribution >= 4 is 11.6 Å². The highest BCUT2D eigenvalue weighted by Crippen LogP contribution is 2.28. The van der Waals surface area contributed by atoms with E-state index in [9.17, 15) is 5.11 Å². The highest BCUT2D eigenvalue weighted by atomic mass is 35.5. The van der Waals surface area contributed by atoms with Gasteiger partial charge in [0.25, 0.3) is 0 Å². The van der Waals surface area contributed by atoms with Crippen LogP contribution >= 0.6 is 11.6 Å². The summed E-state index contributed by atoms with van der Waals surface area (Å²) in [5.74, 6) is 0. The van der Waals surface area contributed by atoms with Crippen molar-refractivity contribution in [2.75, 3.05) is 0 Å². The fourth-order valence-corrected chi connectivity index (χ4v) is 2.03. The molecule has 0 aliphatic rings. The van der Waals surface area contributed by atoms with Crippen LogP contribution in [0.4, 0.5) is 0 Å². The summed E-state index contributed by atoms with van der Waals surface area (Å²) in [5.41, 5.74) is 2.34. The summed E-state index contributed by atoms with van der Waals surface area (Å²) in [6.45, 7) is 4.55. The van der Waals surface area contributed by atoms with Crippen LogP contribution in [-0.2, 0) is 6.54 Å². The molecule has 17 heavy (non-hydrogen) atoms. The Balaban J connectivity index is 2.43. The Hall–Kier alpha value is -1.39. The zero-order valence-corrected chi connectivity index (χ0v) is 10.5. The number of halogens is 1. The number of rotatable bonds is 3. The van der Waals surface area contributed by atoms with Gasteiger partial charge < -0.3 is 5.11 Å².